The average molecular weight is 256 g/mol. The van der Waals surface area contributed by atoms with Crippen molar-refractivity contribution in [3.05, 3.63) is 41.6 Å². The Kier molecular flexibility index (Phi) is 4.54. The molecule has 0 radical (unpaired) electrons. The predicted octanol–water partition coefficient (Wildman–Crippen LogP) is 3.58. The third-order valence-corrected chi connectivity index (χ3v) is 3.79. The van der Waals surface area contributed by atoms with Crippen molar-refractivity contribution >= 4 is 10.9 Å². The molecule has 0 amide bonds. The molecule has 0 aliphatic heterocycles. The van der Waals surface area contributed by atoms with Crippen LogP contribution in [0.1, 0.15) is 25.0 Å². The van der Waals surface area contributed by atoms with E-state index >= 15 is 0 Å². The van der Waals surface area contributed by atoms with Gasteiger partial charge in [0.1, 0.15) is 0 Å². The van der Waals surface area contributed by atoms with E-state index < -0.39 is 0 Å². The summed E-state index contributed by atoms with van der Waals surface area (Å²) < 4.78 is 0. The minimum Gasteiger partial charge on any atom is -0.319 e. The van der Waals surface area contributed by atoms with Crippen LogP contribution in [0.4, 0.5) is 0 Å². The SMILES string of the molecule is CNCC(Cc1ccc2ncc(C)cc2c1)C(C)C. The van der Waals surface area contributed by atoms with Crippen LogP contribution in [0.3, 0.4) is 0 Å². The Morgan fingerprint density at radius 3 is 2.68 bits per heavy atom. The predicted molar refractivity (Wildman–Crippen MR) is 82.4 cm³/mol. The molecule has 1 aromatic heterocycles. The molecule has 1 unspecified atom stereocenters. The molecule has 0 spiro atoms. The lowest BCUT2D eigenvalue weighted by Crippen LogP contribution is -2.25. The summed E-state index contributed by atoms with van der Waals surface area (Å²) in [5.41, 5.74) is 3.72. The van der Waals surface area contributed by atoms with Crippen molar-refractivity contribution in [1.82, 2.24) is 10.3 Å². The highest BCUT2D eigenvalue weighted by Gasteiger charge is 2.13. The molecule has 19 heavy (non-hydrogen) atoms. The number of hydrogen-bond donors (Lipinski definition) is 1. The molecule has 2 heteroatoms. The van der Waals surface area contributed by atoms with Gasteiger partial charge in [0.2, 0.25) is 0 Å². The summed E-state index contributed by atoms with van der Waals surface area (Å²) in [6, 6.07) is 8.87. The fraction of sp³-hybridized carbons (Fsp3) is 0.471. The van der Waals surface area contributed by atoms with E-state index in [1.807, 2.05) is 13.2 Å². The van der Waals surface area contributed by atoms with Gasteiger partial charge in [-0.25, -0.2) is 0 Å². The van der Waals surface area contributed by atoms with E-state index in [1.165, 1.54) is 16.5 Å². The summed E-state index contributed by atoms with van der Waals surface area (Å²) in [6.45, 7) is 7.77. The van der Waals surface area contributed by atoms with Crippen molar-refractivity contribution in [2.24, 2.45) is 11.8 Å². The van der Waals surface area contributed by atoms with Gasteiger partial charge in [-0.05, 0) is 68.1 Å². The van der Waals surface area contributed by atoms with E-state index in [-0.39, 0.29) is 0 Å². The van der Waals surface area contributed by atoms with Gasteiger partial charge >= 0.3 is 0 Å². The Morgan fingerprint density at radius 2 is 2.00 bits per heavy atom. The third kappa shape index (κ3) is 3.54. The quantitative estimate of drug-likeness (QED) is 0.884. The standard InChI is InChI=1S/C17H24N2/c1-12(2)16(11-18-4)9-14-5-6-17-15(8-14)7-13(3)10-19-17/h5-8,10,12,16,18H,9,11H2,1-4H3. The van der Waals surface area contributed by atoms with Gasteiger partial charge in [-0.1, -0.05) is 19.9 Å². The number of hydrogen-bond acceptors (Lipinski definition) is 2. The number of rotatable bonds is 5. The van der Waals surface area contributed by atoms with Crippen LogP contribution in [0.25, 0.3) is 10.9 Å². The molecule has 0 fully saturated rings. The third-order valence-electron chi connectivity index (χ3n) is 3.79. The maximum atomic E-state index is 4.46. The first kappa shape index (κ1) is 14.0. The van der Waals surface area contributed by atoms with Crippen LogP contribution in [0.2, 0.25) is 0 Å². The summed E-state index contributed by atoms with van der Waals surface area (Å²) in [4.78, 5) is 4.46. The number of nitrogens with one attached hydrogen (secondary N) is 1. The van der Waals surface area contributed by atoms with Gasteiger partial charge in [-0.3, -0.25) is 4.98 Å². The molecule has 2 rings (SSSR count). The van der Waals surface area contributed by atoms with Crippen LogP contribution in [0.15, 0.2) is 30.5 Å². The normalized spacial score (nSPS) is 13.1. The highest BCUT2D eigenvalue weighted by molar-refractivity contribution is 5.79. The van der Waals surface area contributed by atoms with Crippen LogP contribution in [0.5, 0.6) is 0 Å². The van der Waals surface area contributed by atoms with Gasteiger partial charge < -0.3 is 5.32 Å². The topological polar surface area (TPSA) is 24.9 Å². The summed E-state index contributed by atoms with van der Waals surface area (Å²) in [7, 11) is 2.03. The van der Waals surface area contributed by atoms with Crippen molar-refractivity contribution < 1.29 is 0 Å². The molecule has 1 atom stereocenters. The molecule has 1 N–H and O–H groups in total. The smallest absolute Gasteiger partial charge is 0.0702 e. The summed E-state index contributed by atoms with van der Waals surface area (Å²) in [5.74, 6) is 1.37. The van der Waals surface area contributed by atoms with Crippen LogP contribution < -0.4 is 5.32 Å². The molecule has 2 aromatic rings. The Labute approximate surface area is 116 Å². The summed E-state index contributed by atoms with van der Waals surface area (Å²) in [5, 5.41) is 4.56. The zero-order valence-corrected chi connectivity index (χ0v) is 12.4. The van der Waals surface area contributed by atoms with Gasteiger partial charge in [-0.2, -0.15) is 0 Å². The maximum absolute atomic E-state index is 4.46. The number of aryl methyl sites for hydroxylation is 1. The first-order chi connectivity index (χ1) is 9.10. The van der Waals surface area contributed by atoms with E-state index in [4.69, 9.17) is 0 Å². The number of nitrogens with zero attached hydrogens (tertiary/aromatic N) is 1. The van der Waals surface area contributed by atoms with Gasteiger partial charge in [0, 0.05) is 11.6 Å². The van der Waals surface area contributed by atoms with Crippen molar-refractivity contribution in [2.45, 2.75) is 27.2 Å². The van der Waals surface area contributed by atoms with E-state index in [0.717, 1.165) is 18.5 Å². The van der Waals surface area contributed by atoms with E-state index in [9.17, 15) is 0 Å². The molecule has 102 valence electrons. The molecule has 1 heterocycles. The van der Waals surface area contributed by atoms with E-state index in [2.05, 4.69) is 55.3 Å². The summed E-state index contributed by atoms with van der Waals surface area (Å²) in [6.07, 6.45) is 3.06. The van der Waals surface area contributed by atoms with Gasteiger partial charge in [0.25, 0.3) is 0 Å². The van der Waals surface area contributed by atoms with Crippen LogP contribution in [-0.2, 0) is 6.42 Å². The number of aromatic nitrogens is 1. The fourth-order valence-electron chi connectivity index (χ4n) is 2.53. The Bertz CT molecular complexity index is 546. The van der Waals surface area contributed by atoms with E-state index in [1.54, 1.807) is 0 Å². The molecular formula is C17H24N2. The Morgan fingerprint density at radius 1 is 1.21 bits per heavy atom. The monoisotopic (exact) mass is 256 g/mol. The highest BCUT2D eigenvalue weighted by Crippen LogP contribution is 2.20. The maximum Gasteiger partial charge on any atom is 0.0702 e. The lowest BCUT2D eigenvalue weighted by molar-refractivity contribution is 0.370. The van der Waals surface area contributed by atoms with Gasteiger partial charge in [0.05, 0.1) is 5.52 Å². The molecule has 0 aliphatic rings. The molecule has 0 bridgehead atoms. The van der Waals surface area contributed by atoms with Crippen molar-refractivity contribution in [3.63, 3.8) is 0 Å². The van der Waals surface area contributed by atoms with Crippen LogP contribution >= 0.6 is 0 Å². The molecule has 0 saturated carbocycles. The lowest BCUT2D eigenvalue weighted by atomic mass is 9.89. The van der Waals surface area contributed by atoms with Crippen molar-refractivity contribution in [3.8, 4) is 0 Å². The molecule has 0 aliphatic carbocycles. The van der Waals surface area contributed by atoms with E-state index in [0.29, 0.717) is 11.8 Å². The second-order valence-electron chi connectivity index (χ2n) is 5.81. The highest BCUT2D eigenvalue weighted by atomic mass is 14.8. The molecular weight excluding hydrogens is 232 g/mol. The Balaban J connectivity index is 2.24. The fourth-order valence-corrected chi connectivity index (χ4v) is 2.53. The Hall–Kier alpha value is -1.41. The number of benzene rings is 1. The lowest BCUT2D eigenvalue weighted by Gasteiger charge is -2.20. The second kappa shape index (κ2) is 6.16. The van der Waals surface area contributed by atoms with Crippen molar-refractivity contribution in [1.29, 1.82) is 0 Å². The van der Waals surface area contributed by atoms with Crippen molar-refractivity contribution in [2.75, 3.05) is 13.6 Å². The van der Waals surface area contributed by atoms with Gasteiger partial charge in [0.15, 0.2) is 0 Å². The largest absolute Gasteiger partial charge is 0.319 e. The average Bonchev–Trinajstić information content (AvgIpc) is 2.37. The number of pyridine rings is 1. The molecule has 2 nitrogen and oxygen atoms in total. The molecule has 1 aromatic carbocycles. The zero-order valence-electron chi connectivity index (χ0n) is 12.4. The molecule has 0 saturated heterocycles. The first-order valence-electron chi connectivity index (χ1n) is 7.10. The van der Waals surface area contributed by atoms with Crippen LogP contribution in [-0.4, -0.2) is 18.6 Å². The first-order valence-corrected chi connectivity index (χ1v) is 7.10. The zero-order chi connectivity index (χ0) is 13.8. The minimum atomic E-state index is 0.681. The second-order valence-corrected chi connectivity index (χ2v) is 5.81. The minimum absolute atomic E-state index is 0.681. The number of fused-ring (bicyclic) bond motifs is 1. The summed E-state index contributed by atoms with van der Waals surface area (Å²) >= 11 is 0. The van der Waals surface area contributed by atoms with Gasteiger partial charge in [-0.15, -0.1) is 0 Å². The van der Waals surface area contributed by atoms with Crippen LogP contribution in [0, 0.1) is 18.8 Å².